The molecule has 0 amide bonds. The molecule has 0 saturated carbocycles. The fourth-order valence-electron chi connectivity index (χ4n) is 2.86. The highest BCUT2D eigenvalue weighted by molar-refractivity contribution is 7.13. The van der Waals surface area contributed by atoms with Crippen LogP contribution in [0.15, 0.2) is 11.6 Å². The number of nitrogens with two attached hydrogens (primary N) is 1. The van der Waals surface area contributed by atoms with Crippen molar-refractivity contribution in [2.24, 2.45) is 5.73 Å². The Morgan fingerprint density at radius 2 is 2.20 bits per heavy atom. The standard InChI is InChI=1S/C14H21N5S/c1-10-8-20-14(16-10)13-11-6-17(2)9-18(3)12(11)7-19(13)5-4-15/h7-8H,4-6,9,15H2,1-3H3. The van der Waals surface area contributed by atoms with Gasteiger partial charge in [-0.05, 0) is 14.0 Å². The molecule has 108 valence electrons. The maximum atomic E-state index is 5.77. The molecule has 0 aliphatic carbocycles. The quantitative estimate of drug-likeness (QED) is 0.935. The predicted octanol–water partition coefficient (Wildman–Crippen LogP) is 1.72. The first-order chi connectivity index (χ1) is 9.60. The van der Waals surface area contributed by atoms with Crippen LogP contribution < -0.4 is 10.6 Å². The smallest absolute Gasteiger partial charge is 0.140 e. The fourth-order valence-corrected chi connectivity index (χ4v) is 3.74. The second-order valence-corrected chi connectivity index (χ2v) is 6.33. The van der Waals surface area contributed by atoms with Crippen LogP contribution in [0.2, 0.25) is 0 Å². The maximum absolute atomic E-state index is 5.77. The summed E-state index contributed by atoms with van der Waals surface area (Å²) in [5.74, 6) is 0. The molecule has 1 aliphatic rings. The lowest BCUT2D eigenvalue weighted by Crippen LogP contribution is -2.37. The van der Waals surface area contributed by atoms with Crippen molar-refractivity contribution in [2.45, 2.75) is 20.0 Å². The normalized spacial score (nSPS) is 15.7. The Balaban J connectivity index is 2.15. The molecule has 20 heavy (non-hydrogen) atoms. The number of hydrogen-bond donors (Lipinski definition) is 1. The number of aromatic nitrogens is 2. The first kappa shape index (κ1) is 13.6. The van der Waals surface area contributed by atoms with Crippen molar-refractivity contribution in [1.82, 2.24) is 14.5 Å². The summed E-state index contributed by atoms with van der Waals surface area (Å²) < 4.78 is 2.26. The number of anilines is 1. The van der Waals surface area contributed by atoms with Gasteiger partial charge in [0.15, 0.2) is 0 Å². The molecule has 1 aliphatic heterocycles. The van der Waals surface area contributed by atoms with Gasteiger partial charge in [0.2, 0.25) is 0 Å². The van der Waals surface area contributed by atoms with Crippen molar-refractivity contribution in [2.75, 3.05) is 32.2 Å². The summed E-state index contributed by atoms with van der Waals surface area (Å²) in [5.41, 5.74) is 10.8. The number of aryl methyl sites for hydroxylation is 1. The molecule has 5 nitrogen and oxygen atoms in total. The molecular formula is C14H21N5S. The van der Waals surface area contributed by atoms with Gasteiger partial charge < -0.3 is 15.2 Å². The van der Waals surface area contributed by atoms with Crippen LogP contribution in [0, 0.1) is 6.92 Å². The van der Waals surface area contributed by atoms with Crippen molar-refractivity contribution in [3.05, 3.63) is 22.8 Å². The topological polar surface area (TPSA) is 50.3 Å². The third-order valence-corrected chi connectivity index (χ3v) is 4.61. The van der Waals surface area contributed by atoms with Crippen LogP contribution in [-0.4, -0.2) is 41.8 Å². The number of hydrogen-bond acceptors (Lipinski definition) is 5. The third-order valence-electron chi connectivity index (χ3n) is 3.64. The van der Waals surface area contributed by atoms with Gasteiger partial charge in [0, 0.05) is 49.5 Å². The van der Waals surface area contributed by atoms with Crippen LogP contribution in [0.4, 0.5) is 5.69 Å². The minimum Gasteiger partial charge on any atom is -0.360 e. The van der Waals surface area contributed by atoms with Gasteiger partial charge in [0.25, 0.3) is 0 Å². The SMILES string of the molecule is Cc1csc(-c2c3c(cn2CCN)N(C)CN(C)C3)n1. The highest BCUT2D eigenvalue weighted by Crippen LogP contribution is 2.37. The lowest BCUT2D eigenvalue weighted by molar-refractivity contribution is 0.317. The molecule has 0 bridgehead atoms. The Bertz CT molecular complexity index is 615. The third kappa shape index (κ3) is 2.24. The van der Waals surface area contributed by atoms with Gasteiger partial charge in [-0.2, -0.15) is 0 Å². The second kappa shape index (κ2) is 5.20. The summed E-state index contributed by atoms with van der Waals surface area (Å²) in [5, 5.41) is 3.21. The maximum Gasteiger partial charge on any atom is 0.140 e. The van der Waals surface area contributed by atoms with E-state index < -0.39 is 0 Å². The zero-order valence-electron chi connectivity index (χ0n) is 12.3. The van der Waals surface area contributed by atoms with Crippen LogP contribution in [0.3, 0.4) is 0 Å². The van der Waals surface area contributed by atoms with E-state index in [4.69, 9.17) is 5.73 Å². The first-order valence-corrected chi connectivity index (χ1v) is 7.72. The van der Waals surface area contributed by atoms with Crippen molar-refractivity contribution >= 4 is 17.0 Å². The zero-order valence-corrected chi connectivity index (χ0v) is 13.1. The second-order valence-electron chi connectivity index (χ2n) is 5.47. The van der Waals surface area contributed by atoms with Crippen LogP contribution in [0.5, 0.6) is 0 Å². The van der Waals surface area contributed by atoms with Crippen LogP contribution >= 0.6 is 11.3 Å². The highest BCUT2D eigenvalue weighted by atomic mass is 32.1. The number of nitrogens with zero attached hydrogens (tertiary/aromatic N) is 4. The summed E-state index contributed by atoms with van der Waals surface area (Å²) in [6.45, 7) is 5.44. The average molecular weight is 291 g/mol. The molecule has 3 heterocycles. The summed E-state index contributed by atoms with van der Waals surface area (Å²) in [6.07, 6.45) is 2.22. The molecule has 0 unspecified atom stereocenters. The summed E-state index contributed by atoms with van der Waals surface area (Å²) in [4.78, 5) is 9.28. The molecule has 2 aromatic heterocycles. The first-order valence-electron chi connectivity index (χ1n) is 6.84. The van der Waals surface area contributed by atoms with Gasteiger partial charge in [-0.1, -0.05) is 0 Å². The van der Waals surface area contributed by atoms with Crippen molar-refractivity contribution in [3.8, 4) is 10.7 Å². The monoisotopic (exact) mass is 291 g/mol. The lowest BCUT2D eigenvalue weighted by Gasteiger charge is -2.32. The molecular weight excluding hydrogens is 270 g/mol. The van der Waals surface area contributed by atoms with E-state index in [1.165, 1.54) is 16.9 Å². The van der Waals surface area contributed by atoms with Gasteiger partial charge in [-0.3, -0.25) is 4.90 Å². The Labute approximate surface area is 123 Å². The van der Waals surface area contributed by atoms with E-state index in [1.807, 2.05) is 6.92 Å². The van der Waals surface area contributed by atoms with Gasteiger partial charge in [0.1, 0.15) is 5.01 Å². The number of rotatable bonds is 3. The molecule has 0 radical (unpaired) electrons. The number of fused-ring (bicyclic) bond motifs is 1. The van der Waals surface area contributed by atoms with Gasteiger partial charge in [-0.15, -0.1) is 11.3 Å². The van der Waals surface area contributed by atoms with Crippen LogP contribution in [0.25, 0.3) is 10.7 Å². The molecule has 0 atom stereocenters. The molecule has 0 spiro atoms. The highest BCUT2D eigenvalue weighted by Gasteiger charge is 2.26. The van der Waals surface area contributed by atoms with Gasteiger partial charge >= 0.3 is 0 Å². The Hall–Kier alpha value is -1.37. The number of thiazole rings is 1. The van der Waals surface area contributed by atoms with Crippen molar-refractivity contribution in [3.63, 3.8) is 0 Å². The molecule has 0 saturated heterocycles. The van der Waals surface area contributed by atoms with Gasteiger partial charge in [0.05, 0.1) is 18.1 Å². The average Bonchev–Trinajstić information content (AvgIpc) is 2.93. The van der Waals surface area contributed by atoms with E-state index in [0.717, 1.165) is 30.5 Å². The van der Waals surface area contributed by atoms with Crippen molar-refractivity contribution in [1.29, 1.82) is 0 Å². The predicted molar refractivity (Wildman–Crippen MR) is 84.1 cm³/mol. The molecule has 6 heteroatoms. The lowest BCUT2D eigenvalue weighted by atomic mass is 10.1. The zero-order chi connectivity index (χ0) is 14.3. The molecule has 2 N–H and O–H groups in total. The Morgan fingerprint density at radius 3 is 2.85 bits per heavy atom. The van der Waals surface area contributed by atoms with Crippen molar-refractivity contribution < 1.29 is 0 Å². The minimum absolute atomic E-state index is 0.643. The van der Waals surface area contributed by atoms with E-state index in [-0.39, 0.29) is 0 Å². The van der Waals surface area contributed by atoms with Crippen LogP contribution in [-0.2, 0) is 13.1 Å². The molecule has 2 aromatic rings. The molecule has 3 rings (SSSR count). The van der Waals surface area contributed by atoms with Gasteiger partial charge in [-0.25, -0.2) is 4.98 Å². The Kier molecular flexibility index (Phi) is 3.54. The van der Waals surface area contributed by atoms with E-state index in [9.17, 15) is 0 Å². The summed E-state index contributed by atoms with van der Waals surface area (Å²) >= 11 is 1.71. The molecule has 0 aromatic carbocycles. The summed E-state index contributed by atoms with van der Waals surface area (Å²) in [7, 11) is 4.29. The largest absolute Gasteiger partial charge is 0.360 e. The van der Waals surface area contributed by atoms with E-state index >= 15 is 0 Å². The Morgan fingerprint density at radius 1 is 1.40 bits per heavy atom. The summed E-state index contributed by atoms with van der Waals surface area (Å²) in [6, 6.07) is 0. The minimum atomic E-state index is 0.643. The van der Waals surface area contributed by atoms with E-state index in [0.29, 0.717) is 6.54 Å². The van der Waals surface area contributed by atoms with E-state index in [2.05, 4.69) is 45.0 Å². The van der Waals surface area contributed by atoms with Crippen LogP contribution in [0.1, 0.15) is 11.3 Å². The molecule has 0 fully saturated rings. The fraction of sp³-hybridized carbons (Fsp3) is 0.500. The van der Waals surface area contributed by atoms with E-state index in [1.54, 1.807) is 11.3 Å².